The van der Waals surface area contributed by atoms with Crippen LogP contribution < -0.4 is 0 Å². The maximum Gasteiger partial charge on any atom is 0.0891 e. The number of aliphatic hydroxyl groups excluding tert-OH is 1. The molecule has 17 heavy (non-hydrogen) atoms. The summed E-state index contributed by atoms with van der Waals surface area (Å²) in [6.07, 6.45) is 6.40. The average Bonchev–Trinajstić information content (AvgIpc) is 2.39. The van der Waals surface area contributed by atoms with Gasteiger partial charge in [-0.2, -0.15) is 0 Å². The molecule has 0 aliphatic heterocycles. The first-order chi connectivity index (χ1) is 8.28. The fraction of sp³-hybridized carbons (Fsp3) is 0.615. The van der Waals surface area contributed by atoms with E-state index in [0.29, 0.717) is 25.2 Å². The molecule has 1 saturated carbocycles. The predicted molar refractivity (Wildman–Crippen MR) is 69.6 cm³/mol. The molecule has 2 rings (SSSR count). The summed E-state index contributed by atoms with van der Waals surface area (Å²) >= 11 is 3.36. The third kappa shape index (κ3) is 4.05. The van der Waals surface area contributed by atoms with Gasteiger partial charge in [-0.25, -0.2) is 0 Å². The second-order valence-electron chi connectivity index (χ2n) is 4.60. The fourth-order valence-corrected chi connectivity index (χ4v) is 2.41. The molecule has 0 spiro atoms. The van der Waals surface area contributed by atoms with Crippen LogP contribution in [0.5, 0.6) is 0 Å². The number of hydrogen-bond acceptors (Lipinski definition) is 3. The maximum absolute atomic E-state index is 9.06. The first kappa shape index (κ1) is 13.0. The molecule has 0 radical (unpaired) electrons. The lowest BCUT2D eigenvalue weighted by Gasteiger charge is -2.27. The van der Waals surface area contributed by atoms with Gasteiger partial charge in [-0.3, -0.25) is 4.98 Å². The Morgan fingerprint density at radius 3 is 2.65 bits per heavy atom. The van der Waals surface area contributed by atoms with Crippen molar-refractivity contribution in [3.8, 4) is 0 Å². The molecule has 0 bridgehead atoms. The van der Waals surface area contributed by atoms with Crippen molar-refractivity contribution in [3.05, 3.63) is 28.5 Å². The van der Waals surface area contributed by atoms with Gasteiger partial charge < -0.3 is 9.84 Å². The van der Waals surface area contributed by atoms with E-state index in [1.165, 1.54) is 0 Å². The number of pyridine rings is 1. The second kappa shape index (κ2) is 6.47. The molecule has 1 aromatic rings. The van der Waals surface area contributed by atoms with Crippen LogP contribution in [0.4, 0.5) is 0 Å². The highest BCUT2D eigenvalue weighted by molar-refractivity contribution is 9.10. The zero-order chi connectivity index (χ0) is 12.1. The first-order valence-corrected chi connectivity index (χ1v) is 6.90. The summed E-state index contributed by atoms with van der Waals surface area (Å²) in [4.78, 5) is 4.28. The summed E-state index contributed by atoms with van der Waals surface area (Å²) in [5.74, 6) is 0.487. The minimum atomic E-state index is 0.320. The zero-order valence-corrected chi connectivity index (χ0v) is 11.4. The van der Waals surface area contributed by atoms with Crippen LogP contribution in [0.2, 0.25) is 0 Å². The summed E-state index contributed by atoms with van der Waals surface area (Å²) in [6, 6.07) is 3.96. The van der Waals surface area contributed by atoms with Crippen molar-refractivity contribution in [2.45, 2.75) is 38.4 Å². The first-order valence-electron chi connectivity index (χ1n) is 6.11. The van der Waals surface area contributed by atoms with Crippen molar-refractivity contribution in [2.75, 3.05) is 6.61 Å². The van der Waals surface area contributed by atoms with E-state index in [1.807, 2.05) is 12.1 Å². The lowest BCUT2D eigenvalue weighted by atomic mass is 9.88. The van der Waals surface area contributed by atoms with Gasteiger partial charge in [0.25, 0.3) is 0 Å². The van der Waals surface area contributed by atoms with Crippen LogP contribution in [0.15, 0.2) is 22.8 Å². The lowest BCUT2D eigenvalue weighted by Crippen LogP contribution is -2.23. The van der Waals surface area contributed by atoms with Crippen molar-refractivity contribution in [2.24, 2.45) is 5.92 Å². The summed E-state index contributed by atoms with van der Waals surface area (Å²) in [6.45, 7) is 0.905. The highest BCUT2D eigenvalue weighted by atomic mass is 79.9. The largest absolute Gasteiger partial charge is 0.396 e. The van der Waals surface area contributed by atoms with E-state index < -0.39 is 0 Å². The molecule has 94 valence electrons. The lowest BCUT2D eigenvalue weighted by molar-refractivity contribution is -0.000154. The molecule has 1 heterocycles. The quantitative estimate of drug-likeness (QED) is 0.929. The minimum Gasteiger partial charge on any atom is -0.396 e. The Kier molecular flexibility index (Phi) is 4.95. The van der Waals surface area contributed by atoms with E-state index in [9.17, 15) is 0 Å². The van der Waals surface area contributed by atoms with E-state index in [1.54, 1.807) is 6.20 Å². The van der Waals surface area contributed by atoms with Gasteiger partial charge in [0.05, 0.1) is 18.4 Å². The van der Waals surface area contributed by atoms with Gasteiger partial charge in [0.15, 0.2) is 0 Å². The van der Waals surface area contributed by atoms with Crippen LogP contribution in [0.25, 0.3) is 0 Å². The summed E-state index contributed by atoms with van der Waals surface area (Å²) in [5.41, 5.74) is 0.970. The van der Waals surface area contributed by atoms with Gasteiger partial charge in [-0.1, -0.05) is 0 Å². The Hall–Kier alpha value is -0.450. The van der Waals surface area contributed by atoms with Crippen molar-refractivity contribution < 1.29 is 9.84 Å². The van der Waals surface area contributed by atoms with Crippen molar-refractivity contribution in [1.82, 2.24) is 4.98 Å². The zero-order valence-electron chi connectivity index (χ0n) is 9.81. The summed E-state index contributed by atoms with van der Waals surface area (Å²) in [5, 5.41) is 9.06. The molecule has 0 amide bonds. The molecule has 1 aromatic heterocycles. The molecule has 1 aliphatic carbocycles. The monoisotopic (exact) mass is 299 g/mol. The highest BCUT2D eigenvalue weighted by Gasteiger charge is 2.20. The normalized spacial score (nSPS) is 24.8. The Labute approximate surface area is 110 Å². The van der Waals surface area contributed by atoms with Crippen LogP contribution in [-0.2, 0) is 11.3 Å². The molecular formula is C13H18BrNO2. The molecule has 0 saturated heterocycles. The van der Waals surface area contributed by atoms with Crippen molar-refractivity contribution in [1.29, 1.82) is 0 Å². The van der Waals surface area contributed by atoms with Crippen LogP contribution in [0.3, 0.4) is 0 Å². The van der Waals surface area contributed by atoms with E-state index in [4.69, 9.17) is 9.84 Å². The van der Waals surface area contributed by atoms with Crippen molar-refractivity contribution >= 4 is 15.9 Å². The van der Waals surface area contributed by atoms with E-state index in [0.717, 1.165) is 35.8 Å². The van der Waals surface area contributed by atoms with Crippen molar-refractivity contribution in [3.63, 3.8) is 0 Å². The molecule has 0 unspecified atom stereocenters. The van der Waals surface area contributed by atoms with Gasteiger partial charge in [-0.05, 0) is 59.7 Å². The standard InChI is InChI=1S/C13H18BrNO2/c14-11-3-4-12(15-7-11)9-17-13-5-1-10(8-16)2-6-13/h3-4,7,10,13,16H,1-2,5-6,8-9H2. The van der Waals surface area contributed by atoms with Crippen LogP contribution in [0, 0.1) is 5.92 Å². The van der Waals surface area contributed by atoms with Crippen LogP contribution in [0.1, 0.15) is 31.4 Å². The van der Waals surface area contributed by atoms with Gasteiger partial charge in [-0.15, -0.1) is 0 Å². The molecular weight excluding hydrogens is 282 g/mol. The van der Waals surface area contributed by atoms with Gasteiger partial charge in [0.2, 0.25) is 0 Å². The van der Waals surface area contributed by atoms with E-state index >= 15 is 0 Å². The van der Waals surface area contributed by atoms with E-state index in [2.05, 4.69) is 20.9 Å². The molecule has 1 N–H and O–H groups in total. The Morgan fingerprint density at radius 2 is 2.06 bits per heavy atom. The number of aliphatic hydroxyl groups is 1. The molecule has 1 aliphatic rings. The minimum absolute atomic E-state index is 0.320. The Bertz CT molecular complexity index is 334. The summed E-state index contributed by atoms with van der Waals surface area (Å²) < 4.78 is 6.83. The number of aromatic nitrogens is 1. The molecule has 4 heteroatoms. The van der Waals surface area contributed by atoms with E-state index in [-0.39, 0.29) is 0 Å². The highest BCUT2D eigenvalue weighted by Crippen LogP contribution is 2.26. The molecule has 1 fully saturated rings. The number of ether oxygens (including phenoxy) is 1. The number of rotatable bonds is 4. The summed E-state index contributed by atoms with van der Waals surface area (Å²) in [7, 11) is 0. The Morgan fingerprint density at radius 1 is 1.29 bits per heavy atom. The topological polar surface area (TPSA) is 42.4 Å². The third-order valence-corrected chi connectivity index (χ3v) is 3.78. The average molecular weight is 300 g/mol. The van der Waals surface area contributed by atoms with Gasteiger partial charge in [0.1, 0.15) is 0 Å². The SMILES string of the molecule is OCC1CCC(OCc2ccc(Br)cn2)CC1. The Balaban J connectivity index is 1.74. The van der Waals surface area contributed by atoms with Crippen LogP contribution >= 0.6 is 15.9 Å². The van der Waals surface area contributed by atoms with Gasteiger partial charge >= 0.3 is 0 Å². The number of halogens is 1. The fourth-order valence-electron chi connectivity index (χ4n) is 2.18. The predicted octanol–water partition coefficient (Wildman–Crippen LogP) is 2.91. The number of nitrogens with zero attached hydrogens (tertiary/aromatic N) is 1. The maximum atomic E-state index is 9.06. The van der Waals surface area contributed by atoms with Crippen LogP contribution in [-0.4, -0.2) is 22.8 Å². The smallest absolute Gasteiger partial charge is 0.0891 e. The number of hydrogen-bond donors (Lipinski definition) is 1. The third-order valence-electron chi connectivity index (χ3n) is 3.31. The molecule has 3 nitrogen and oxygen atoms in total. The van der Waals surface area contributed by atoms with Gasteiger partial charge in [0, 0.05) is 17.3 Å². The molecule has 0 atom stereocenters. The second-order valence-corrected chi connectivity index (χ2v) is 5.52. The molecule has 0 aromatic carbocycles.